The smallest absolute Gasteiger partial charge is 0.229 e. The predicted octanol–water partition coefficient (Wildman–Crippen LogP) is 2.94. The molecule has 20 heavy (non-hydrogen) atoms. The molecule has 2 N–H and O–H groups in total. The first kappa shape index (κ1) is 17.1. The van der Waals surface area contributed by atoms with Gasteiger partial charge in [-0.3, -0.25) is 4.72 Å². The van der Waals surface area contributed by atoms with Gasteiger partial charge in [0.2, 0.25) is 10.0 Å². The maximum atomic E-state index is 11.2. The topological polar surface area (TPSA) is 67.4 Å². The van der Waals surface area contributed by atoms with Crippen LogP contribution in [-0.2, 0) is 14.8 Å². The summed E-state index contributed by atoms with van der Waals surface area (Å²) in [6.07, 6.45) is 1.92. The molecule has 0 amide bonds. The maximum absolute atomic E-state index is 11.2. The zero-order valence-corrected chi connectivity index (χ0v) is 13.7. The summed E-state index contributed by atoms with van der Waals surface area (Å²) in [6, 6.07) is 5.10. The molecule has 0 bridgehead atoms. The number of sulfonamides is 1. The lowest BCUT2D eigenvalue weighted by molar-refractivity contribution is 0.0185. The number of hydrogen-bond acceptors (Lipinski definition) is 4. The molecule has 0 radical (unpaired) electrons. The van der Waals surface area contributed by atoms with Crippen molar-refractivity contribution < 1.29 is 13.2 Å². The van der Waals surface area contributed by atoms with Crippen LogP contribution in [0.5, 0.6) is 0 Å². The standard InChI is InChI=1S/C13H21ClN2O3S/c1-13(2,19-3)7-8-15-10-5-6-12(11(14)9-10)16-20(4,17)18/h5-6,9,15-16H,7-8H2,1-4H3. The van der Waals surface area contributed by atoms with Gasteiger partial charge >= 0.3 is 0 Å². The van der Waals surface area contributed by atoms with Gasteiger partial charge in [0.05, 0.1) is 22.6 Å². The molecule has 0 aliphatic carbocycles. The fourth-order valence-electron chi connectivity index (χ4n) is 1.52. The summed E-state index contributed by atoms with van der Waals surface area (Å²) in [5, 5.41) is 3.58. The number of halogens is 1. The second kappa shape index (κ2) is 6.65. The third-order valence-electron chi connectivity index (χ3n) is 2.87. The van der Waals surface area contributed by atoms with Crippen LogP contribution in [0.1, 0.15) is 20.3 Å². The van der Waals surface area contributed by atoms with E-state index in [0.29, 0.717) is 10.7 Å². The number of hydrogen-bond donors (Lipinski definition) is 2. The highest BCUT2D eigenvalue weighted by molar-refractivity contribution is 7.92. The highest BCUT2D eigenvalue weighted by Gasteiger charge is 2.15. The van der Waals surface area contributed by atoms with Crippen molar-refractivity contribution >= 4 is 33.0 Å². The van der Waals surface area contributed by atoms with Gasteiger partial charge in [0.15, 0.2) is 0 Å². The Hall–Kier alpha value is -0.980. The number of benzene rings is 1. The summed E-state index contributed by atoms with van der Waals surface area (Å²) in [7, 11) is -1.64. The SMILES string of the molecule is COC(C)(C)CCNc1ccc(NS(C)(=O)=O)c(Cl)c1. The second-order valence-electron chi connectivity index (χ2n) is 5.21. The first-order chi connectivity index (χ1) is 9.13. The number of rotatable bonds is 7. The van der Waals surface area contributed by atoms with E-state index in [4.69, 9.17) is 16.3 Å². The molecular formula is C13H21ClN2O3S. The van der Waals surface area contributed by atoms with Gasteiger partial charge in [-0.1, -0.05) is 11.6 Å². The van der Waals surface area contributed by atoms with Gasteiger partial charge in [0.25, 0.3) is 0 Å². The third-order valence-corrected chi connectivity index (χ3v) is 3.78. The van der Waals surface area contributed by atoms with E-state index in [9.17, 15) is 8.42 Å². The van der Waals surface area contributed by atoms with Gasteiger partial charge in [-0.05, 0) is 38.5 Å². The van der Waals surface area contributed by atoms with Gasteiger partial charge in [-0.2, -0.15) is 0 Å². The Bertz CT molecular complexity index is 559. The molecule has 0 aliphatic rings. The molecule has 0 unspecified atom stereocenters. The minimum absolute atomic E-state index is 0.186. The van der Waals surface area contributed by atoms with E-state index in [0.717, 1.165) is 24.9 Å². The van der Waals surface area contributed by atoms with Crippen LogP contribution in [-0.4, -0.2) is 33.9 Å². The molecule has 0 fully saturated rings. The Morgan fingerprint density at radius 1 is 1.35 bits per heavy atom. The molecule has 0 saturated carbocycles. The number of ether oxygens (including phenoxy) is 1. The summed E-state index contributed by atoms with van der Waals surface area (Å²) in [4.78, 5) is 0. The van der Waals surface area contributed by atoms with Gasteiger partial charge in [0.1, 0.15) is 0 Å². The lowest BCUT2D eigenvalue weighted by atomic mass is 10.1. The van der Waals surface area contributed by atoms with Crippen molar-refractivity contribution in [3.63, 3.8) is 0 Å². The lowest BCUT2D eigenvalue weighted by Crippen LogP contribution is -2.25. The summed E-state index contributed by atoms with van der Waals surface area (Å²) in [5.41, 5.74) is 1.02. The van der Waals surface area contributed by atoms with Gasteiger partial charge in [0, 0.05) is 19.3 Å². The quantitative estimate of drug-likeness (QED) is 0.810. The summed E-state index contributed by atoms with van der Waals surface area (Å²) in [6.45, 7) is 4.76. The van der Waals surface area contributed by atoms with Crippen molar-refractivity contribution in [2.75, 3.05) is 29.9 Å². The van der Waals surface area contributed by atoms with E-state index in [1.54, 1.807) is 25.3 Å². The van der Waals surface area contributed by atoms with Crippen LogP contribution >= 0.6 is 11.6 Å². The molecule has 0 aliphatic heterocycles. The summed E-state index contributed by atoms with van der Waals surface area (Å²) < 4.78 is 30.0. The van der Waals surface area contributed by atoms with Gasteiger partial charge in [-0.25, -0.2) is 8.42 Å². The van der Waals surface area contributed by atoms with Crippen LogP contribution in [0.3, 0.4) is 0 Å². The summed E-state index contributed by atoms with van der Waals surface area (Å²) in [5.74, 6) is 0. The number of methoxy groups -OCH3 is 1. The molecule has 0 spiro atoms. The predicted molar refractivity (Wildman–Crippen MR) is 84.1 cm³/mol. The molecule has 0 saturated heterocycles. The largest absolute Gasteiger partial charge is 0.385 e. The van der Waals surface area contributed by atoms with Crippen molar-refractivity contribution in [1.82, 2.24) is 0 Å². The van der Waals surface area contributed by atoms with Crippen LogP contribution in [0, 0.1) is 0 Å². The molecule has 0 aromatic heterocycles. The Morgan fingerprint density at radius 2 is 2.00 bits per heavy atom. The number of nitrogens with one attached hydrogen (secondary N) is 2. The van der Waals surface area contributed by atoms with Crippen LogP contribution in [0.4, 0.5) is 11.4 Å². The van der Waals surface area contributed by atoms with Crippen molar-refractivity contribution in [1.29, 1.82) is 0 Å². The zero-order valence-electron chi connectivity index (χ0n) is 12.2. The first-order valence-electron chi connectivity index (χ1n) is 6.19. The van der Waals surface area contributed by atoms with Crippen molar-refractivity contribution in [3.8, 4) is 0 Å². The molecule has 5 nitrogen and oxygen atoms in total. The fraction of sp³-hybridized carbons (Fsp3) is 0.538. The molecule has 114 valence electrons. The van der Waals surface area contributed by atoms with Crippen molar-refractivity contribution in [3.05, 3.63) is 23.2 Å². The third kappa shape index (κ3) is 5.98. The molecule has 7 heteroatoms. The van der Waals surface area contributed by atoms with Crippen LogP contribution < -0.4 is 10.0 Å². The average Bonchev–Trinajstić information content (AvgIpc) is 2.31. The highest BCUT2D eigenvalue weighted by atomic mass is 35.5. The maximum Gasteiger partial charge on any atom is 0.229 e. The Kier molecular flexibility index (Phi) is 5.68. The van der Waals surface area contributed by atoms with Crippen LogP contribution in [0.25, 0.3) is 0 Å². The molecule has 1 aromatic rings. The monoisotopic (exact) mass is 320 g/mol. The molecule has 0 atom stereocenters. The van der Waals surface area contributed by atoms with E-state index in [1.807, 2.05) is 13.8 Å². The van der Waals surface area contributed by atoms with E-state index >= 15 is 0 Å². The average molecular weight is 321 g/mol. The van der Waals surface area contributed by atoms with Crippen LogP contribution in [0.15, 0.2) is 18.2 Å². The molecule has 0 heterocycles. The van der Waals surface area contributed by atoms with Crippen molar-refractivity contribution in [2.45, 2.75) is 25.9 Å². The fourth-order valence-corrected chi connectivity index (χ4v) is 2.38. The van der Waals surface area contributed by atoms with E-state index in [1.165, 1.54) is 0 Å². The molecular weight excluding hydrogens is 300 g/mol. The normalized spacial score (nSPS) is 12.2. The lowest BCUT2D eigenvalue weighted by Gasteiger charge is -2.23. The minimum Gasteiger partial charge on any atom is -0.385 e. The Morgan fingerprint density at radius 3 is 2.50 bits per heavy atom. The van der Waals surface area contributed by atoms with E-state index in [-0.39, 0.29) is 5.60 Å². The van der Waals surface area contributed by atoms with Gasteiger partial charge in [-0.15, -0.1) is 0 Å². The molecule has 1 rings (SSSR count). The Labute approximate surface area is 125 Å². The van der Waals surface area contributed by atoms with E-state index in [2.05, 4.69) is 10.0 Å². The molecule has 1 aromatic carbocycles. The van der Waals surface area contributed by atoms with Gasteiger partial charge < -0.3 is 10.1 Å². The highest BCUT2D eigenvalue weighted by Crippen LogP contribution is 2.26. The summed E-state index contributed by atoms with van der Waals surface area (Å²) >= 11 is 6.04. The number of anilines is 2. The van der Waals surface area contributed by atoms with Crippen LogP contribution in [0.2, 0.25) is 5.02 Å². The van der Waals surface area contributed by atoms with E-state index < -0.39 is 10.0 Å². The Balaban J connectivity index is 2.64. The van der Waals surface area contributed by atoms with Crippen molar-refractivity contribution in [2.24, 2.45) is 0 Å². The zero-order chi connectivity index (χ0) is 15.4. The minimum atomic E-state index is -3.32. The first-order valence-corrected chi connectivity index (χ1v) is 8.46. The second-order valence-corrected chi connectivity index (χ2v) is 7.37.